The van der Waals surface area contributed by atoms with E-state index >= 15 is 0 Å². The zero-order valence-electron chi connectivity index (χ0n) is 22.5. The SMILES string of the molecule is CN1CCC1.COc1ccc(C)c(C(=O)NC2(c3cc(OCC(C)(C)C)cc4ncccc34)CC2)c1. The molecule has 0 radical (unpaired) electrons. The first kappa shape index (κ1) is 26.0. The van der Waals surface area contributed by atoms with Crippen molar-refractivity contribution < 1.29 is 14.3 Å². The number of hydrogen-bond donors (Lipinski definition) is 1. The fourth-order valence-electron chi connectivity index (χ4n) is 4.25. The maximum atomic E-state index is 13.2. The van der Waals surface area contributed by atoms with E-state index in [0.29, 0.717) is 17.9 Å². The number of aromatic nitrogens is 1. The van der Waals surface area contributed by atoms with Crippen LogP contribution in [0.3, 0.4) is 0 Å². The van der Waals surface area contributed by atoms with Crippen LogP contribution in [0, 0.1) is 12.3 Å². The lowest BCUT2D eigenvalue weighted by Gasteiger charge is -2.24. The molecule has 36 heavy (non-hydrogen) atoms. The summed E-state index contributed by atoms with van der Waals surface area (Å²) in [6.07, 6.45) is 4.97. The van der Waals surface area contributed by atoms with Crippen molar-refractivity contribution in [3.05, 3.63) is 65.4 Å². The summed E-state index contributed by atoms with van der Waals surface area (Å²) < 4.78 is 11.4. The molecule has 1 aliphatic carbocycles. The number of carbonyl (C=O) groups is 1. The van der Waals surface area contributed by atoms with E-state index in [1.54, 1.807) is 19.4 Å². The molecule has 1 aliphatic heterocycles. The van der Waals surface area contributed by atoms with Crippen molar-refractivity contribution in [3.63, 3.8) is 0 Å². The molecule has 0 unspecified atom stereocenters. The Balaban J connectivity index is 0.000000543. The Morgan fingerprint density at radius 1 is 1.11 bits per heavy atom. The number of fused-ring (bicyclic) bond motifs is 1. The Labute approximate surface area is 215 Å². The molecule has 5 rings (SSSR count). The molecule has 1 saturated carbocycles. The molecule has 1 saturated heterocycles. The number of amides is 1. The highest BCUT2D eigenvalue weighted by molar-refractivity contribution is 5.97. The van der Waals surface area contributed by atoms with E-state index in [1.807, 2.05) is 31.2 Å². The van der Waals surface area contributed by atoms with Crippen LogP contribution in [0.25, 0.3) is 10.9 Å². The molecule has 192 valence electrons. The van der Waals surface area contributed by atoms with Crippen molar-refractivity contribution in [1.29, 1.82) is 0 Å². The summed E-state index contributed by atoms with van der Waals surface area (Å²) in [5.74, 6) is 1.37. The van der Waals surface area contributed by atoms with Gasteiger partial charge in [0.05, 0.1) is 24.8 Å². The van der Waals surface area contributed by atoms with E-state index in [0.717, 1.165) is 40.6 Å². The molecule has 2 aromatic carbocycles. The Morgan fingerprint density at radius 2 is 1.83 bits per heavy atom. The van der Waals surface area contributed by atoms with E-state index in [-0.39, 0.29) is 11.3 Å². The van der Waals surface area contributed by atoms with Crippen molar-refractivity contribution in [3.8, 4) is 11.5 Å². The monoisotopic (exact) mass is 489 g/mol. The molecule has 6 heteroatoms. The van der Waals surface area contributed by atoms with Crippen LogP contribution in [0.5, 0.6) is 11.5 Å². The maximum Gasteiger partial charge on any atom is 0.252 e. The number of hydrogen-bond acceptors (Lipinski definition) is 5. The van der Waals surface area contributed by atoms with E-state index < -0.39 is 5.54 Å². The zero-order valence-corrected chi connectivity index (χ0v) is 22.5. The summed E-state index contributed by atoms with van der Waals surface area (Å²) in [5.41, 5.74) is 3.14. The minimum absolute atomic E-state index is 0.0502. The van der Waals surface area contributed by atoms with Crippen LogP contribution in [-0.4, -0.2) is 49.6 Å². The van der Waals surface area contributed by atoms with Gasteiger partial charge in [-0.3, -0.25) is 9.78 Å². The molecule has 2 heterocycles. The molecule has 1 aromatic heterocycles. The summed E-state index contributed by atoms with van der Waals surface area (Å²) in [4.78, 5) is 20.1. The third-order valence-electron chi connectivity index (χ3n) is 6.75. The van der Waals surface area contributed by atoms with Gasteiger partial charge in [-0.2, -0.15) is 0 Å². The first-order chi connectivity index (χ1) is 17.1. The van der Waals surface area contributed by atoms with Gasteiger partial charge in [0.2, 0.25) is 0 Å². The quantitative estimate of drug-likeness (QED) is 0.480. The molecular formula is C30H39N3O3. The summed E-state index contributed by atoms with van der Waals surface area (Å²) >= 11 is 0. The van der Waals surface area contributed by atoms with Crippen molar-refractivity contribution in [2.75, 3.05) is 33.9 Å². The Hall–Kier alpha value is -3.12. The lowest BCUT2D eigenvalue weighted by atomic mass is 9.97. The van der Waals surface area contributed by atoms with Crippen molar-refractivity contribution >= 4 is 16.8 Å². The highest BCUT2D eigenvalue weighted by atomic mass is 16.5. The maximum absolute atomic E-state index is 13.2. The fraction of sp³-hybridized carbons (Fsp3) is 0.467. The second-order valence-electron chi connectivity index (χ2n) is 11.3. The van der Waals surface area contributed by atoms with Crippen molar-refractivity contribution in [2.24, 2.45) is 5.41 Å². The first-order valence-electron chi connectivity index (χ1n) is 12.8. The third kappa shape index (κ3) is 6.16. The molecule has 6 nitrogen and oxygen atoms in total. The van der Waals surface area contributed by atoms with Gasteiger partial charge in [-0.15, -0.1) is 0 Å². The largest absolute Gasteiger partial charge is 0.497 e. The second kappa shape index (κ2) is 10.5. The topological polar surface area (TPSA) is 63.7 Å². The number of rotatable bonds is 6. The highest BCUT2D eigenvalue weighted by Gasteiger charge is 2.47. The number of pyridine rings is 1. The van der Waals surface area contributed by atoms with Gasteiger partial charge in [-0.05, 0) is 87.1 Å². The van der Waals surface area contributed by atoms with Crippen LogP contribution in [0.1, 0.15) is 61.5 Å². The Kier molecular flexibility index (Phi) is 7.55. The number of likely N-dealkylation sites (tertiary alicyclic amines) is 1. The lowest BCUT2D eigenvalue weighted by Crippen LogP contribution is -2.35. The van der Waals surface area contributed by atoms with E-state index in [4.69, 9.17) is 9.47 Å². The van der Waals surface area contributed by atoms with E-state index in [1.165, 1.54) is 19.5 Å². The van der Waals surface area contributed by atoms with E-state index in [9.17, 15) is 4.79 Å². The number of carbonyl (C=O) groups excluding carboxylic acids is 1. The van der Waals surface area contributed by atoms with Gasteiger partial charge in [0.15, 0.2) is 0 Å². The van der Waals surface area contributed by atoms with Crippen LogP contribution in [0.15, 0.2) is 48.7 Å². The number of methoxy groups -OCH3 is 1. The normalized spacial score (nSPS) is 16.4. The molecule has 3 aromatic rings. The van der Waals surface area contributed by atoms with Gasteiger partial charge >= 0.3 is 0 Å². The highest BCUT2D eigenvalue weighted by Crippen LogP contribution is 2.49. The third-order valence-corrected chi connectivity index (χ3v) is 6.75. The minimum Gasteiger partial charge on any atom is -0.497 e. The summed E-state index contributed by atoms with van der Waals surface area (Å²) in [7, 11) is 3.75. The van der Waals surface area contributed by atoms with Crippen LogP contribution < -0.4 is 14.8 Å². The summed E-state index contributed by atoms with van der Waals surface area (Å²) in [6, 6.07) is 13.6. The molecule has 0 spiro atoms. The number of nitrogens with zero attached hydrogens (tertiary/aromatic N) is 2. The average molecular weight is 490 g/mol. The Morgan fingerprint density at radius 3 is 2.42 bits per heavy atom. The zero-order chi connectivity index (χ0) is 25.9. The molecule has 2 aliphatic rings. The summed E-state index contributed by atoms with van der Waals surface area (Å²) in [6.45, 7) is 11.6. The van der Waals surface area contributed by atoms with Crippen LogP contribution in [0.2, 0.25) is 0 Å². The predicted molar refractivity (Wildman–Crippen MR) is 145 cm³/mol. The van der Waals surface area contributed by atoms with Gasteiger partial charge in [0.25, 0.3) is 5.91 Å². The summed E-state index contributed by atoms with van der Waals surface area (Å²) in [5, 5.41) is 4.35. The smallest absolute Gasteiger partial charge is 0.252 e. The number of ether oxygens (including phenoxy) is 2. The van der Waals surface area contributed by atoms with Gasteiger partial charge in [-0.25, -0.2) is 0 Å². The van der Waals surface area contributed by atoms with Crippen LogP contribution in [-0.2, 0) is 5.54 Å². The number of aryl methyl sites for hydroxylation is 1. The van der Waals surface area contributed by atoms with Crippen LogP contribution in [0.4, 0.5) is 0 Å². The average Bonchev–Trinajstić information content (AvgIpc) is 3.61. The first-order valence-corrected chi connectivity index (χ1v) is 12.8. The second-order valence-corrected chi connectivity index (χ2v) is 11.3. The number of benzene rings is 2. The van der Waals surface area contributed by atoms with Gasteiger partial charge in [-0.1, -0.05) is 32.9 Å². The van der Waals surface area contributed by atoms with E-state index in [2.05, 4.69) is 55.2 Å². The van der Waals surface area contributed by atoms with Crippen molar-refractivity contribution in [2.45, 2.75) is 52.5 Å². The molecular weight excluding hydrogens is 450 g/mol. The Bertz CT molecular complexity index is 1220. The molecule has 0 atom stereocenters. The minimum atomic E-state index is -0.408. The van der Waals surface area contributed by atoms with Gasteiger partial charge in [0.1, 0.15) is 11.5 Å². The number of nitrogens with one attached hydrogen (secondary N) is 1. The van der Waals surface area contributed by atoms with Gasteiger partial charge < -0.3 is 19.7 Å². The van der Waals surface area contributed by atoms with Gasteiger partial charge in [0, 0.05) is 23.2 Å². The molecule has 0 bridgehead atoms. The molecule has 2 fully saturated rings. The fourth-order valence-corrected chi connectivity index (χ4v) is 4.25. The lowest BCUT2D eigenvalue weighted by molar-refractivity contribution is 0.0930. The molecule has 1 N–H and O–H groups in total. The molecule has 1 amide bonds. The predicted octanol–water partition coefficient (Wildman–Crippen LogP) is 5.72. The van der Waals surface area contributed by atoms with Crippen LogP contribution >= 0.6 is 0 Å². The standard InChI is InChI=1S/C26H30N2O3.C4H9N/c1-17-8-9-18(30-5)13-21(17)24(29)28-26(10-11-26)22-14-19(31-16-25(2,3)4)15-23-20(22)7-6-12-27-23;1-5-3-2-4-5/h6-9,12-15H,10-11,16H2,1-5H3,(H,28,29);2-4H2,1H3. The van der Waals surface area contributed by atoms with Crippen molar-refractivity contribution in [1.82, 2.24) is 15.2 Å².